The number of rotatable bonds is 8. The van der Waals surface area contributed by atoms with Crippen molar-refractivity contribution in [3.05, 3.63) is 65.3 Å². The van der Waals surface area contributed by atoms with Gasteiger partial charge in [0.25, 0.3) is 15.9 Å². The number of sulfonamides is 1. The summed E-state index contributed by atoms with van der Waals surface area (Å²) >= 11 is 0. The van der Waals surface area contributed by atoms with Crippen molar-refractivity contribution in [2.75, 3.05) is 36.8 Å². The molecule has 4 rings (SSSR count). The van der Waals surface area contributed by atoms with Gasteiger partial charge in [0.1, 0.15) is 23.4 Å². The van der Waals surface area contributed by atoms with E-state index in [1.807, 2.05) is 6.92 Å². The number of benzene rings is 2. The molecule has 3 N–H and O–H groups in total. The summed E-state index contributed by atoms with van der Waals surface area (Å²) in [5, 5.41) is 16.3. The summed E-state index contributed by atoms with van der Waals surface area (Å²) in [4.78, 5) is 29.4. The molecule has 3 atom stereocenters. The van der Waals surface area contributed by atoms with Gasteiger partial charge in [-0.15, -0.1) is 0 Å². The van der Waals surface area contributed by atoms with Gasteiger partial charge in [-0.2, -0.15) is 0 Å². The molecule has 0 fully saturated rings. The zero-order valence-electron chi connectivity index (χ0n) is 23.9. The number of ether oxygens (including phenoxy) is 1. The average Bonchev–Trinajstić information content (AvgIpc) is 3.29. The Kier molecular flexibility index (Phi) is 9.06. The number of urea groups is 1. The van der Waals surface area contributed by atoms with E-state index in [0.29, 0.717) is 5.69 Å². The highest BCUT2D eigenvalue weighted by molar-refractivity contribution is 7.92. The summed E-state index contributed by atoms with van der Waals surface area (Å²) in [7, 11) is -2.50. The van der Waals surface area contributed by atoms with Crippen LogP contribution in [0.1, 0.15) is 35.7 Å². The van der Waals surface area contributed by atoms with Gasteiger partial charge >= 0.3 is 6.03 Å². The van der Waals surface area contributed by atoms with Crippen LogP contribution in [0.2, 0.25) is 0 Å². The Morgan fingerprint density at radius 3 is 2.50 bits per heavy atom. The van der Waals surface area contributed by atoms with Gasteiger partial charge in [0.05, 0.1) is 24.8 Å². The maximum absolute atomic E-state index is 13.7. The lowest BCUT2D eigenvalue weighted by molar-refractivity contribution is 0.0371. The molecule has 1 aliphatic rings. The van der Waals surface area contributed by atoms with Crippen molar-refractivity contribution in [2.45, 2.75) is 44.7 Å². The lowest BCUT2D eigenvalue weighted by atomic mass is 9.99. The molecule has 0 aliphatic carbocycles. The van der Waals surface area contributed by atoms with Crippen molar-refractivity contribution in [1.82, 2.24) is 15.0 Å². The Bertz CT molecular complexity index is 1540. The molecule has 14 heteroatoms. The van der Waals surface area contributed by atoms with Crippen LogP contribution in [0.4, 0.5) is 20.6 Å². The summed E-state index contributed by atoms with van der Waals surface area (Å²) in [5.41, 5.74) is 0.816. The second-order valence-corrected chi connectivity index (χ2v) is 12.0. The first-order chi connectivity index (χ1) is 19.8. The Morgan fingerprint density at radius 2 is 1.88 bits per heavy atom. The number of nitrogens with one attached hydrogen (secondary N) is 2. The standard InChI is InChI=1S/C28H34FN5O7S/c1-16-13-34(17(2)15-35)27(36)23-12-22(32-42(38,39)26-18(3)31-41-19(26)4)10-11-24(23)40-25(16)14-33(5)28(37)30-21-8-6-20(29)7-9-21/h6-12,16-17,25,32,35H,13-15H2,1-5H3,(H,30,37)/t16-,17-,25+/m1/s1. The number of halogens is 1. The van der Waals surface area contributed by atoms with Crippen molar-refractivity contribution in [2.24, 2.45) is 5.92 Å². The third-order valence-electron chi connectivity index (χ3n) is 7.05. The number of carbonyl (C=O) groups is 2. The lowest BCUT2D eigenvalue weighted by Gasteiger charge is -2.38. The number of aromatic nitrogens is 1. The number of hydrogen-bond donors (Lipinski definition) is 3. The van der Waals surface area contributed by atoms with E-state index in [2.05, 4.69) is 15.2 Å². The molecule has 0 spiro atoms. The van der Waals surface area contributed by atoms with Crippen molar-refractivity contribution in [3.8, 4) is 5.75 Å². The second kappa shape index (κ2) is 12.4. The molecule has 0 saturated heterocycles. The molecule has 0 bridgehead atoms. The van der Waals surface area contributed by atoms with Crippen LogP contribution in [0.25, 0.3) is 0 Å². The highest BCUT2D eigenvalue weighted by Crippen LogP contribution is 2.32. The normalized spacial score (nSPS) is 17.9. The van der Waals surface area contributed by atoms with E-state index in [9.17, 15) is 27.5 Å². The number of hydrogen-bond acceptors (Lipinski definition) is 8. The average molecular weight is 604 g/mol. The van der Waals surface area contributed by atoms with Gasteiger partial charge in [0.15, 0.2) is 10.7 Å². The van der Waals surface area contributed by atoms with Crippen LogP contribution >= 0.6 is 0 Å². The number of fused-ring (bicyclic) bond motifs is 1. The van der Waals surface area contributed by atoms with Crippen molar-refractivity contribution < 1.29 is 36.8 Å². The summed E-state index contributed by atoms with van der Waals surface area (Å²) in [6, 6.07) is 8.72. The molecule has 3 aromatic rings. The largest absolute Gasteiger partial charge is 0.487 e. The highest BCUT2D eigenvalue weighted by atomic mass is 32.2. The molecule has 2 heterocycles. The fourth-order valence-corrected chi connectivity index (χ4v) is 6.05. The van der Waals surface area contributed by atoms with Gasteiger partial charge in [0.2, 0.25) is 0 Å². The summed E-state index contributed by atoms with van der Waals surface area (Å²) < 4.78 is 53.2. The maximum Gasteiger partial charge on any atom is 0.321 e. The molecular weight excluding hydrogens is 569 g/mol. The predicted octanol–water partition coefficient (Wildman–Crippen LogP) is 3.62. The van der Waals surface area contributed by atoms with Crippen LogP contribution < -0.4 is 14.8 Å². The quantitative estimate of drug-likeness (QED) is 0.353. The van der Waals surface area contributed by atoms with E-state index in [4.69, 9.17) is 9.26 Å². The minimum atomic E-state index is -4.08. The molecular formula is C28H34FN5O7S. The third kappa shape index (κ3) is 6.65. The highest BCUT2D eigenvalue weighted by Gasteiger charge is 2.34. The molecule has 2 aromatic carbocycles. The molecule has 0 saturated carbocycles. The first-order valence-electron chi connectivity index (χ1n) is 13.3. The fourth-order valence-electron chi connectivity index (χ4n) is 4.67. The van der Waals surface area contributed by atoms with Crippen molar-refractivity contribution in [3.63, 3.8) is 0 Å². The van der Waals surface area contributed by atoms with Gasteiger partial charge in [-0.25, -0.2) is 17.6 Å². The number of nitrogens with zero attached hydrogens (tertiary/aromatic N) is 3. The monoisotopic (exact) mass is 603 g/mol. The number of aryl methyl sites for hydroxylation is 2. The first kappa shape index (κ1) is 30.8. The van der Waals surface area contributed by atoms with Gasteiger partial charge in [-0.1, -0.05) is 12.1 Å². The predicted molar refractivity (Wildman–Crippen MR) is 152 cm³/mol. The molecule has 0 radical (unpaired) electrons. The Hall–Kier alpha value is -4.17. The summed E-state index contributed by atoms with van der Waals surface area (Å²) in [6.45, 7) is 6.61. The van der Waals surface area contributed by atoms with Gasteiger partial charge < -0.3 is 29.5 Å². The smallest absolute Gasteiger partial charge is 0.321 e. The molecule has 1 aliphatic heterocycles. The van der Waals surface area contributed by atoms with Crippen LogP contribution in [0.3, 0.4) is 0 Å². The van der Waals surface area contributed by atoms with E-state index in [-0.39, 0.29) is 59.0 Å². The van der Waals surface area contributed by atoms with Crippen molar-refractivity contribution in [1.29, 1.82) is 0 Å². The van der Waals surface area contributed by atoms with Gasteiger partial charge in [0, 0.05) is 30.9 Å². The van der Waals surface area contributed by atoms with Crippen LogP contribution in [0.5, 0.6) is 5.75 Å². The van der Waals surface area contributed by atoms with E-state index in [1.54, 1.807) is 14.0 Å². The zero-order valence-corrected chi connectivity index (χ0v) is 24.7. The number of amides is 3. The Labute approximate surface area is 243 Å². The fraction of sp³-hybridized carbons (Fsp3) is 0.393. The molecule has 42 heavy (non-hydrogen) atoms. The molecule has 3 amide bonds. The van der Waals surface area contributed by atoms with Crippen LogP contribution in [-0.4, -0.2) is 79.3 Å². The Morgan fingerprint density at radius 1 is 1.21 bits per heavy atom. The van der Waals surface area contributed by atoms with Gasteiger partial charge in [-0.05, 0) is 63.2 Å². The van der Waals surface area contributed by atoms with Gasteiger partial charge in [-0.3, -0.25) is 9.52 Å². The van der Waals surface area contributed by atoms with E-state index >= 15 is 0 Å². The van der Waals surface area contributed by atoms with Crippen LogP contribution in [0.15, 0.2) is 51.9 Å². The van der Waals surface area contributed by atoms with E-state index in [0.717, 1.165) is 0 Å². The first-order valence-corrected chi connectivity index (χ1v) is 14.7. The van der Waals surface area contributed by atoms with E-state index in [1.165, 1.54) is 66.1 Å². The SMILES string of the molecule is Cc1noc(C)c1S(=O)(=O)Nc1ccc2c(c1)C(=O)N([C@H](C)CO)C[C@@H](C)[C@H](CN(C)C(=O)Nc1ccc(F)cc1)O2. The maximum atomic E-state index is 13.7. The van der Waals surface area contributed by atoms with Crippen molar-refractivity contribution >= 4 is 33.3 Å². The number of aliphatic hydroxyl groups excluding tert-OH is 1. The molecule has 1 aromatic heterocycles. The third-order valence-corrected chi connectivity index (χ3v) is 8.67. The van der Waals surface area contributed by atoms with Crippen LogP contribution in [0, 0.1) is 25.6 Å². The zero-order chi connectivity index (χ0) is 30.8. The second-order valence-electron chi connectivity index (χ2n) is 10.4. The minimum absolute atomic E-state index is 0.0876. The molecule has 226 valence electrons. The van der Waals surface area contributed by atoms with Crippen LogP contribution in [-0.2, 0) is 10.0 Å². The van der Waals surface area contributed by atoms with E-state index < -0.39 is 39.9 Å². The Balaban J connectivity index is 1.62. The number of anilines is 2. The number of carbonyl (C=O) groups excluding carboxylic acids is 2. The molecule has 0 unspecified atom stereocenters. The molecule has 12 nitrogen and oxygen atoms in total. The number of likely N-dealkylation sites (N-methyl/N-ethyl adjacent to an activating group) is 1. The number of aliphatic hydroxyl groups is 1. The minimum Gasteiger partial charge on any atom is -0.487 e. The summed E-state index contributed by atoms with van der Waals surface area (Å²) in [5.74, 6) is -0.822. The lowest BCUT2D eigenvalue weighted by Crippen LogP contribution is -2.50. The topological polar surface area (TPSA) is 154 Å². The summed E-state index contributed by atoms with van der Waals surface area (Å²) in [6.07, 6.45) is -0.584.